The number of carbonyl (C=O) groups excluding carboxylic acids is 3. The Balaban J connectivity index is 1.75. The number of amides is 1. The fraction of sp³-hybridized carbons (Fsp3) is 0.406. The Kier molecular flexibility index (Phi) is 8.09. The van der Waals surface area contributed by atoms with Crippen molar-refractivity contribution >= 4 is 17.5 Å². The van der Waals surface area contributed by atoms with E-state index in [1.54, 1.807) is 49.3 Å². The van der Waals surface area contributed by atoms with Crippen LogP contribution in [0.1, 0.15) is 39.0 Å². The van der Waals surface area contributed by atoms with Gasteiger partial charge in [-0.1, -0.05) is 30.3 Å². The van der Waals surface area contributed by atoms with Crippen molar-refractivity contribution in [2.75, 3.05) is 28.2 Å². The molecule has 3 aliphatic rings. The van der Waals surface area contributed by atoms with Gasteiger partial charge in [0.15, 0.2) is 11.4 Å². The fourth-order valence-electron chi connectivity index (χ4n) is 7.04. The van der Waals surface area contributed by atoms with Gasteiger partial charge in [0.25, 0.3) is 5.91 Å². The van der Waals surface area contributed by atoms with Crippen LogP contribution in [-0.4, -0.2) is 82.4 Å². The zero-order valence-corrected chi connectivity index (χ0v) is 25.1. The van der Waals surface area contributed by atoms with Crippen molar-refractivity contribution < 1.29 is 47.6 Å². The topological polar surface area (TPSA) is 154 Å². The van der Waals surface area contributed by atoms with Crippen LogP contribution < -0.4 is 10.5 Å². The molecule has 5 N–H and O–H groups in total. The number of halogens is 3. The number of Topliss-reactive ketones (excluding diaryl/α,β-unsaturated/α-hetero) is 2. The molecule has 0 unspecified atom stereocenters. The molecule has 0 saturated carbocycles. The molecule has 1 amide bonds. The predicted octanol–water partition coefficient (Wildman–Crippen LogP) is 3.07. The first-order valence-electron chi connectivity index (χ1n) is 14.2. The van der Waals surface area contributed by atoms with Crippen LogP contribution >= 0.6 is 0 Å². The molecule has 240 valence electrons. The van der Waals surface area contributed by atoms with E-state index >= 15 is 0 Å². The summed E-state index contributed by atoms with van der Waals surface area (Å²) in [5, 5.41) is 34.3. The molecule has 0 radical (unpaired) electrons. The summed E-state index contributed by atoms with van der Waals surface area (Å²) in [6.45, 7) is -0.201. The van der Waals surface area contributed by atoms with Crippen molar-refractivity contribution in [2.45, 2.75) is 43.8 Å². The number of rotatable bonds is 7. The standard InChI is InChI=1S/C32H34F3N3O7/c1-37(2)13-17-12-20(45-14-15-8-6-5-7-9-15)22-18(24(17)32(33,34)35)10-16-11-19-25(38(3)4)27(40)23(30(36)43)29(42)31(19,44)28(41)21(16)26(22)39/h5-9,12,16,19,25,40-41,44H,10-11,13-14H2,1-4H3,(H2,36,43)/t16-,19-,25-,31-/m0/s1. The summed E-state index contributed by atoms with van der Waals surface area (Å²) in [5.74, 6) is -8.15. The summed E-state index contributed by atoms with van der Waals surface area (Å²) in [5.41, 5.74) is -0.0298. The minimum Gasteiger partial charge on any atom is -0.510 e. The molecule has 10 nitrogen and oxygen atoms in total. The maximum absolute atomic E-state index is 14.8. The molecule has 0 aromatic heterocycles. The number of benzene rings is 2. The third-order valence-electron chi connectivity index (χ3n) is 8.80. The van der Waals surface area contributed by atoms with E-state index in [1.165, 1.54) is 25.1 Å². The Morgan fingerprint density at radius 3 is 2.31 bits per heavy atom. The average molecular weight is 630 g/mol. The quantitative estimate of drug-likeness (QED) is 0.339. The molecular weight excluding hydrogens is 595 g/mol. The minimum absolute atomic E-state index is 0.0805. The number of fused-ring (bicyclic) bond motifs is 3. The molecule has 45 heavy (non-hydrogen) atoms. The fourth-order valence-corrected chi connectivity index (χ4v) is 7.04. The number of hydrogen-bond acceptors (Lipinski definition) is 9. The third kappa shape index (κ3) is 5.18. The summed E-state index contributed by atoms with van der Waals surface area (Å²) in [6.07, 6.45) is -5.52. The van der Waals surface area contributed by atoms with Gasteiger partial charge < -0.3 is 30.7 Å². The Morgan fingerprint density at radius 1 is 1.11 bits per heavy atom. The van der Waals surface area contributed by atoms with Gasteiger partial charge in [0.05, 0.1) is 17.2 Å². The van der Waals surface area contributed by atoms with Gasteiger partial charge in [-0.05, 0) is 69.7 Å². The number of ketones is 2. The van der Waals surface area contributed by atoms with Crippen LogP contribution in [0.15, 0.2) is 59.1 Å². The highest BCUT2D eigenvalue weighted by molar-refractivity contribution is 6.24. The number of aliphatic hydroxyl groups is 3. The molecule has 0 heterocycles. The molecule has 4 atom stereocenters. The number of likely N-dealkylation sites (N-methyl/N-ethyl adjacent to an activating group) is 1. The van der Waals surface area contributed by atoms with E-state index in [4.69, 9.17) is 10.5 Å². The van der Waals surface area contributed by atoms with Crippen molar-refractivity contribution in [1.82, 2.24) is 9.80 Å². The number of hydrogen-bond donors (Lipinski definition) is 4. The molecule has 0 fully saturated rings. The Labute approximate surface area is 257 Å². The lowest BCUT2D eigenvalue weighted by Gasteiger charge is -2.50. The molecular formula is C32H34F3N3O7. The number of alkyl halides is 3. The first-order chi connectivity index (χ1) is 21.0. The van der Waals surface area contributed by atoms with Gasteiger partial charge >= 0.3 is 6.18 Å². The highest BCUT2D eigenvalue weighted by Crippen LogP contribution is 2.54. The van der Waals surface area contributed by atoms with E-state index in [-0.39, 0.29) is 42.9 Å². The second-order valence-corrected chi connectivity index (χ2v) is 12.2. The lowest BCUT2D eigenvalue weighted by molar-refractivity contribution is -0.148. The summed E-state index contributed by atoms with van der Waals surface area (Å²) >= 11 is 0. The summed E-state index contributed by atoms with van der Waals surface area (Å²) < 4.78 is 50.4. The third-order valence-corrected chi connectivity index (χ3v) is 8.80. The van der Waals surface area contributed by atoms with Crippen molar-refractivity contribution in [1.29, 1.82) is 0 Å². The Hall–Kier alpha value is -4.20. The van der Waals surface area contributed by atoms with E-state index in [2.05, 4.69) is 0 Å². The van der Waals surface area contributed by atoms with Gasteiger partial charge in [0.2, 0.25) is 5.78 Å². The zero-order chi connectivity index (χ0) is 33.2. The second-order valence-electron chi connectivity index (χ2n) is 12.2. The second kappa shape index (κ2) is 11.3. The molecule has 3 aliphatic carbocycles. The van der Waals surface area contributed by atoms with E-state index in [9.17, 15) is 42.9 Å². The van der Waals surface area contributed by atoms with Gasteiger partial charge in [-0.2, -0.15) is 13.2 Å². The van der Waals surface area contributed by atoms with Gasteiger partial charge in [-0.25, -0.2) is 0 Å². The smallest absolute Gasteiger partial charge is 0.417 e. The van der Waals surface area contributed by atoms with Crippen molar-refractivity contribution in [3.05, 3.63) is 86.9 Å². The summed E-state index contributed by atoms with van der Waals surface area (Å²) in [7, 11) is 6.19. The van der Waals surface area contributed by atoms with Gasteiger partial charge in [-0.3, -0.25) is 19.3 Å². The lowest BCUT2D eigenvalue weighted by atomic mass is 9.58. The minimum atomic E-state index is -4.86. The van der Waals surface area contributed by atoms with E-state index < -0.39 is 80.9 Å². The normalized spacial score (nSPS) is 25.0. The first-order valence-corrected chi connectivity index (χ1v) is 14.2. The van der Waals surface area contributed by atoms with Crippen LogP contribution in [-0.2, 0) is 35.3 Å². The molecule has 0 bridgehead atoms. The summed E-state index contributed by atoms with van der Waals surface area (Å²) in [6, 6.07) is 8.72. The maximum Gasteiger partial charge on any atom is 0.417 e. The highest BCUT2D eigenvalue weighted by Gasteiger charge is 2.63. The molecule has 0 saturated heterocycles. The molecule has 2 aromatic rings. The molecule has 5 rings (SSSR count). The number of carbonyl (C=O) groups is 3. The number of ether oxygens (including phenoxy) is 1. The van der Waals surface area contributed by atoms with Crippen molar-refractivity contribution in [3.63, 3.8) is 0 Å². The Morgan fingerprint density at radius 2 is 1.76 bits per heavy atom. The van der Waals surface area contributed by atoms with Crippen LogP contribution in [0.4, 0.5) is 13.2 Å². The highest BCUT2D eigenvalue weighted by atomic mass is 19.4. The molecule has 0 spiro atoms. The zero-order valence-electron chi connectivity index (χ0n) is 25.1. The largest absolute Gasteiger partial charge is 0.510 e. The van der Waals surface area contributed by atoms with Crippen LogP contribution in [0.3, 0.4) is 0 Å². The van der Waals surface area contributed by atoms with E-state index in [0.29, 0.717) is 5.56 Å². The van der Waals surface area contributed by atoms with Crippen LogP contribution in [0.25, 0.3) is 0 Å². The first kappa shape index (κ1) is 32.2. The van der Waals surface area contributed by atoms with Crippen molar-refractivity contribution in [3.8, 4) is 5.75 Å². The van der Waals surface area contributed by atoms with Crippen molar-refractivity contribution in [2.24, 2.45) is 17.6 Å². The van der Waals surface area contributed by atoms with Crippen LogP contribution in [0.5, 0.6) is 5.75 Å². The van der Waals surface area contributed by atoms with E-state index in [0.717, 1.165) is 0 Å². The van der Waals surface area contributed by atoms with Gasteiger partial charge in [0.1, 0.15) is 29.4 Å². The lowest BCUT2D eigenvalue weighted by Crippen LogP contribution is -2.63. The number of nitrogens with zero attached hydrogens (tertiary/aromatic N) is 2. The van der Waals surface area contributed by atoms with Crippen LogP contribution in [0, 0.1) is 11.8 Å². The molecule has 2 aromatic carbocycles. The summed E-state index contributed by atoms with van der Waals surface area (Å²) in [4.78, 5) is 43.0. The average Bonchev–Trinajstić information content (AvgIpc) is 2.92. The predicted molar refractivity (Wildman–Crippen MR) is 155 cm³/mol. The number of primary amides is 1. The Bertz CT molecular complexity index is 1650. The molecule has 0 aliphatic heterocycles. The van der Waals surface area contributed by atoms with E-state index in [1.807, 2.05) is 0 Å². The number of aliphatic hydroxyl groups excluding tert-OH is 2. The monoisotopic (exact) mass is 629 g/mol. The van der Waals surface area contributed by atoms with Gasteiger partial charge in [0, 0.05) is 18.0 Å². The molecule has 13 heteroatoms. The SMILES string of the molecule is CN(C)Cc1cc(OCc2ccccc2)c2c(c1C(F)(F)F)C[C@H]1C[C@H]3[C@H](N(C)C)C(O)=C(C(N)=O)C(=O)[C@@]3(O)C(O)=C1C2=O. The maximum atomic E-state index is 14.8. The number of nitrogens with two attached hydrogens (primary N) is 1. The van der Waals surface area contributed by atoms with Gasteiger partial charge in [-0.15, -0.1) is 0 Å². The van der Waals surface area contributed by atoms with Crippen LogP contribution in [0.2, 0.25) is 0 Å². The number of allylic oxidation sites excluding steroid dienone is 1.